The highest BCUT2D eigenvalue weighted by molar-refractivity contribution is 5.76. The molecule has 4 aromatic rings. The maximum atomic E-state index is 13.5. The lowest BCUT2D eigenvalue weighted by Gasteiger charge is -2.31. The molecular formula is C22H20FN5O4. The third-order valence-electron chi connectivity index (χ3n) is 5.41. The Kier molecular flexibility index (Phi) is 5.49. The zero-order chi connectivity index (χ0) is 21.9. The van der Waals surface area contributed by atoms with Crippen molar-refractivity contribution in [2.75, 3.05) is 13.1 Å². The van der Waals surface area contributed by atoms with Gasteiger partial charge in [0.2, 0.25) is 29.3 Å². The number of nitrogens with zero attached hydrogens (tertiary/aromatic N) is 5. The summed E-state index contributed by atoms with van der Waals surface area (Å²) in [5.74, 6) is 1.64. The molecule has 5 rings (SSSR count). The van der Waals surface area contributed by atoms with Gasteiger partial charge in [0.25, 0.3) is 0 Å². The van der Waals surface area contributed by atoms with Crippen LogP contribution in [0.15, 0.2) is 56.1 Å². The zero-order valence-corrected chi connectivity index (χ0v) is 17.1. The molecule has 32 heavy (non-hydrogen) atoms. The first kappa shape index (κ1) is 20.1. The van der Waals surface area contributed by atoms with Crippen LogP contribution in [-0.2, 0) is 11.2 Å². The minimum atomic E-state index is -0.360. The third kappa shape index (κ3) is 4.29. The summed E-state index contributed by atoms with van der Waals surface area (Å²) in [6.07, 6.45) is 3.80. The van der Waals surface area contributed by atoms with E-state index < -0.39 is 0 Å². The van der Waals surface area contributed by atoms with E-state index in [4.69, 9.17) is 13.5 Å². The predicted molar refractivity (Wildman–Crippen MR) is 109 cm³/mol. The first-order valence-corrected chi connectivity index (χ1v) is 10.4. The second-order valence-electron chi connectivity index (χ2n) is 7.63. The van der Waals surface area contributed by atoms with Gasteiger partial charge >= 0.3 is 0 Å². The molecule has 1 atom stereocenters. The van der Waals surface area contributed by atoms with Gasteiger partial charge in [-0.3, -0.25) is 4.79 Å². The quantitative estimate of drug-likeness (QED) is 0.447. The third-order valence-corrected chi connectivity index (χ3v) is 5.41. The molecule has 1 amide bonds. The average Bonchev–Trinajstić information content (AvgIpc) is 3.59. The molecule has 1 unspecified atom stereocenters. The van der Waals surface area contributed by atoms with Crippen LogP contribution in [0.5, 0.6) is 0 Å². The monoisotopic (exact) mass is 437 g/mol. The molecule has 0 N–H and O–H groups in total. The number of likely N-dealkylation sites (tertiary alicyclic amines) is 1. The molecule has 1 fully saturated rings. The number of furan rings is 1. The number of halogens is 1. The Morgan fingerprint density at radius 1 is 1.12 bits per heavy atom. The van der Waals surface area contributed by atoms with Crippen LogP contribution in [0.4, 0.5) is 4.39 Å². The van der Waals surface area contributed by atoms with Crippen LogP contribution in [0.2, 0.25) is 0 Å². The zero-order valence-electron chi connectivity index (χ0n) is 17.1. The smallest absolute Gasteiger partial charge is 0.238 e. The van der Waals surface area contributed by atoms with Crippen LogP contribution < -0.4 is 0 Å². The summed E-state index contributed by atoms with van der Waals surface area (Å²) in [5, 5.41) is 7.86. The normalized spacial score (nSPS) is 16.4. The number of rotatable bonds is 6. The first-order valence-electron chi connectivity index (χ1n) is 10.4. The van der Waals surface area contributed by atoms with Gasteiger partial charge in [-0.05, 0) is 37.1 Å². The molecule has 0 spiro atoms. The average molecular weight is 437 g/mol. The second-order valence-corrected chi connectivity index (χ2v) is 7.63. The molecule has 3 aromatic heterocycles. The molecule has 1 aromatic carbocycles. The van der Waals surface area contributed by atoms with E-state index in [0.29, 0.717) is 54.3 Å². The number of aryl methyl sites for hydroxylation is 1. The maximum Gasteiger partial charge on any atom is 0.238 e. The number of amides is 1. The predicted octanol–water partition coefficient (Wildman–Crippen LogP) is 3.86. The van der Waals surface area contributed by atoms with E-state index in [1.54, 1.807) is 29.2 Å². The number of hydrogen-bond acceptors (Lipinski definition) is 8. The molecule has 0 saturated carbocycles. The molecule has 1 aliphatic heterocycles. The van der Waals surface area contributed by atoms with Crippen molar-refractivity contribution in [1.82, 2.24) is 25.2 Å². The largest absolute Gasteiger partial charge is 0.461 e. The van der Waals surface area contributed by atoms with Gasteiger partial charge in [0.15, 0.2) is 5.76 Å². The van der Waals surface area contributed by atoms with Gasteiger partial charge in [-0.1, -0.05) is 22.4 Å². The van der Waals surface area contributed by atoms with Crippen molar-refractivity contribution < 1.29 is 22.6 Å². The summed E-state index contributed by atoms with van der Waals surface area (Å²) in [4.78, 5) is 23.3. The lowest BCUT2D eigenvalue weighted by Crippen LogP contribution is -2.39. The highest BCUT2D eigenvalue weighted by Crippen LogP contribution is 2.28. The van der Waals surface area contributed by atoms with Crippen molar-refractivity contribution >= 4 is 5.91 Å². The van der Waals surface area contributed by atoms with Gasteiger partial charge in [-0.15, -0.1) is 0 Å². The molecule has 10 heteroatoms. The van der Waals surface area contributed by atoms with Crippen molar-refractivity contribution in [2.24, 2.45) is 0 Å². The Balaban J connectivity index is 1.19. The van der Waals surface area contributed by atoms with E-state index in [2.05, 4.69) is 20.3 Å². The standard InChI is InChI=1S/C22H20FN5O4/c23-16-6-1-4-14(12-16)20-25-22(32-26-20)15-5-2-10-28(13-15)19(29)9-8-18-24-21(27-31-18)17-7-3-11-30-17/h1,3-4,6-7,11-12,15H,2,5,8-10,13H2. The van der Waals surface area contributed by atoms with E-state index in [0.717, 1.165) is 12.8 Å². The summed E-state index contributed by atoms with van der Waals surface area (Å²) in [6, 6.07) is 9.53. The topological polar surface area (TPSA) is 111 Å². The molecule has 0 bridgehead atoms. The van der Waals surface area contributed by atoms with Gasteiger partial charge in [-0.2, -0.15) is 9.97 Å². The molecule has 1 aliphatic rings. The molecule has 1 saturated heterocycles. The number of piperidine rings is 1. The number of carbonyl (C=O) groups excluding carboxylic acids is 1. The Hall–Kier alpha value is -3.82. The Morgan fingerprint density at radius 2 is 2.03 bits per heavy atom. The Labute approximate surface area is 182 Å². The summed E-state index contributed by atoms with van der Waals surface area (Å²) in [6.45, 7) is 1.16. The summed E-state index contributed by atoms with van der Waals surface area (Å²) >= 11 is 0. The molecule has 164 valence electrons. The second kappa shape index (κ2) is 8.74. The van der Waals surface area contributed by atoms with Crippen molar-refractivity contribution in [1.29, 1.82) is 0 Å². The number of aromatic nitrogens is 4. The van der Waals surface area contributed by atoms with Crippen LogP contribution in [-0.4, -0.2) is 44.2 Å². The highest BCUT2D eigenvalue weighted by Gasteiger charge is 2.29. The van der Waals surface area contributed by atoms with Crippen molar-refractivity contribution in [3.8, 4) is 23.0 Å². The van der Waals surface area contributed by atoms with Gasteiger partial charge < -0.3 is 18.4 Å². The summed E-state index contributed by atoms with van der Waals surface area (Å²) < 4.78 is 29.4. The van der Waals surface area contributed by atoms with Gasteiger partial charge in [0, 0.05) is 31.5 Å². The summed E-state index contributed by atoms with van der Waals surface area (Å²) in [5.41, 5.74) is 0.553. The lowest BCUT2D eigenvalue weighted by atomic mass is 9.97. The van der Waals surface area contributed by atoms with Crippen molar-refractivity contribution in [3.63, 3.8) is 0 Å². The Bertz CT molecular complexity index is 1200. The van der Waals surface area contributed by atoms with Crippen LogP contribution in [0.1, 0.15) is 37.0 Å². The van der Waals surface area contributed by atoms with E-state index in [9.17, 15) is 9.18 Å². The molecule has 4 heterocycles. The lowest BCUT2D eigenvalue weighted by molar-refractivity contribution is -0.132. The van der Waals surface area contributed by atoms with E-state index in [1.807, 2.05) is 0 Å². The van der Waals surface area contributed by atoms with E-state index in [-0.39, 0.29) is 24.1 Å². The van der Waals surface area contributed by atoms with E-state index in [1.165, 1.54) is 18.4 Å². The minimum Gasteiger partial charge on any atom is -0.461 e. The maximum absolute atomic E-state index is 13.5. The minimum absolute atomic E-state index is 0.00248. The fourth-order valence-corrected chi connectivity index (χ4v) is 3.79. The molecule has 0 aliphatic carbocycles. The number of carbonyl (C=O) groups is 1. The molecule has 9 nitrogen and oxygen atoms in total. The fourth-order valence-electron chi connectivity index (χ4n) is 3.79. The van der Waals surface area contributed by atoms with Crippen LogP contribution in [0.3, 0.4) is 0 Å². The van der Waals surface area contributed by atoms with Gasteiger partial charge in [0.05, 0.1) is 12.2 Å². The van der Waals surface area contributed by atoms with Gasteiger partial charge in [0.1, 0.15) is 5.82 Å². The SMILES string of the molecule is O=C(CCc1nc(-c2ccco2)no1)N1CCCC(c2nc(-c3cccc(F)c3)no2)C1. The number of benzene rings is 1. The fraction of sp³-hybridized carbons (Fsp3) is 0.318. The van der Waals surface area contributed by atoms with Crippen LogP contribution in [0.25, 0.3) is 23.0 Å². The van der Waals surface area contributed by atoms with Crippen molar-refractivity contribution in [3.05, 3.63) is 60.3 Å². The van der Waals surface area contributed by atoms with Crippen LogP contribution in [0, 0.1) is 5.82 Å². The Morgan fingerprint density at radius 3 is 2.88 bits per heavy atom. The number of hydrogen-bond donors (Lipinski definition) is 0. The van der Waals surface area contributed by atoms with E-state index >= 15 is 0 Å². The first-order chi connectivity index (χ1) is 15.7. The highest BCUT2D eigenvalue weighted by atomic mass is 19.1. The molecular weight excluding hydrogens is 417 g/mol. The van der Waals surface area contributed by atoms with Crippen LogP contribution >= 0.6 is 0 Å². The van der Waals surface area contributed by atoms with Crippen molar-refractivity contribution in [2.45, 2.75) is 31.6 Å². The summed E-state index contributed by atoms with van der Waals surface area (Å²) in [7, 11) is 0. The molecule has 0 radical (unpaired) electrons. The van der Waals surface area contributed by atoms with Gasteiger partial charge in [-0.25, -0.2) is 4.39 Å².